The number of hydrogen-bond donors (Lipinski definition) is 0. The van der Waals surface area contributed by atoms with Crippen molar-refractivity contribution in [3.8, 4) is 0 Å². The first-order valence-corrected chi connectivity index (χ1v) is 7.47. The fourth-order valence-electron chi connectivity index (χ4n) is 2.68. The van der Waals surface area contributed by atoms with E-state index in [4.69, 9.17) is 5.53 Å². The fourth-order valence-corrected chi connectivity index (χ4v) is 2.68. The van der Waals surface area contributed by atoms with Crippen LogP contribution in [0.1, 0.15) is 37.3 Å². The number of likely N-dealkylation sites (tertiary alicyclic amines) is 1. The van der Waals surface area contributed by atoms with Gasteiger partial charge in [-0.25, -0.2) is 0 Å². The summed E-state index contributed by atoms with van der Waals surface area (Å²) < 4.78 is 0. The van der Waals surface area contributed by atoms with Crippen LogP contribution >= 0.6 is 0 Å². The third-order valence-electron chi connectivity index (χ3n) is 4.01. The van der Waals surface area contributed by atoms with Gasteiger partial charge in [0.1, 0.15) is 0 Å². The van der Waals surface area contributed by atoms with Gasteiger partial charge in [-0.15, -0.1) is 0 Å². The van der Waals surface area contributed by atoms with E-state index in [0.29, 0.717) is 25.4 Å². The number of azide groups is 1. The topological polar surface area (TPSA) is 69.1 Å². The van der Waals surface area contributed by atoms with Crippen molar-refractivity contribution in [2.45, 2.75) is 32.6 Å². The van der Waals surface area contributed by atoms with Gasteiger partial charge in [-0.2, -0.15) is 0 Å². The summed E-state index contributed by atoms with van der Waals surface area (Å²) in [6, 6.07) is 8.62. The molecule has 2 rings (SSSR count). The van der Waals surface area contributed by atoms with Gasteiger partial charge in [-0.1, -0.05) is 43.2 Å². The molecule has 1 heterocycles. The highest BCUT2D eigenvalue weighted by Crippen LogP contribution is 2.19. The second kappa shape index (κ2) is 7.14. The molecule has 0 aliphatic carbocycles. The van der Waals surface area contributed by atoms with Crippen LogP contribution in [0.2, 0.25) is 0 Å². The Kier molecular flexibility index (Phi) is 5.23. The van der Waals surface area contributed by atoms with Gasteiger partial charge in [0.25, 0.3) is 0 Å². The monoisotopic (exact) mass is 286 g/mol. The summed E-state index contributed by atoms with van der Waals surface area (Å²) in [7, 11) is 0. The maximum atomic E-state index is 11.9. The van der Waals surface area contributed by atoms with E-state index < -0.39 is 0 Å². The summed E-state index contributed by atoms with van der Waals surface area (Å²) in [6.45, 7) is 6.24. The van der Waals surface area contributed by atoms with Crippen molar-refractivity contribution < 1.29 is 4.79 Å². The molecule has 1 aliphatic rings. The van der Waals surface area contributed by atoms with Gasteiger partial charge in [-0.3, -0.25) is 4.79 Å². The number of nitrogens with zero attached hydrogens (tertiary/aromatic N) is 4. The molecular weight excluding hydrogens is 264 g/mol. The van der Waals surface area contributed by atoms with Crippen LogP contribution in [0.4, 0.5) is 0 Å². The van der Waals surface area contributed by atoms with Gasteiger partial charge >= 0.3 is 0 Å². The summed E-state index contributed by atoms with van der Waals surface area (Å²) >= 11 is 0. The molecule has 0 aromatic heterocycles. The van der Waals surface area contributed by atoms with Crippen LogP contribution in [0.5, 0.6) is 0 Å². The molecule has 1 aliphatic heterocycles. The Morgan fingerprint density at radius 2 is 2.10 bits per heavy atom. The lowest BCUT2D eigenvalue weighted by Gasteiger charge is -2.16. The van der Waals surface area contributed by atoms with Crippen molar-refractivity contribution in [1.29, 1.82) is 0 Å². The predicted octanol–water partition coefficient (Wildman–Crippen LogP) is 3.51. The molecule has 112 valence electrons. The lowest BCUT2D eigenvalue weighted by atomic mass is 10.0. The first-order chi connectivity index (χ1) is 10.1. The molecule has 1 unspecified atom stereocenters. The SMILES string of the molecule is CC(C)c1ccc(CCN2CC(CN=[N+]=[N-])CC2=O)cc1. The zero-order valence-electron chi connectivity index (χ0n) is 12.7. The Balaban J connectivity index is 1.85. The highest BCUT2D eigenvalue weighted by Gasteiger charge is 2.28. The molecule has 1 atom stereocenters. The smallest absolute Gasteiger partial charge is 0.222 e. The van der Waals surface area contributed by atoms with E-state index in [1.54, 1.807) is 0 Å². The molecule has 1 aromatic carbocycles. The molecule has 21 heavy (non-hydrogen) atoms. The van der Waals surface area contributed by atoms with Crippen molar-refractivity contribution >= 4 is 5.91 Å². The van der Waals surface area contributed by atoms with Crippen molar-refractivity contribution in [3.05, 3.63) is 45.8 Å². The third kappa shape index (κ3) is 4.23. The van der Waals surface area contributed by atoms with Crippen LogP contribution < -0.4 is 0 Å². The molecule has 0 radical (unpaired) electrons. The average molecular weight is 286 g/mol. The minimum Gasteiger partial charge on any atom is -0.342 e. The zero-order valence-corrected chi connectivity index (χ0v) is 12.7. The molecule has 0 saturated carbocycles. The van der Waals surface area contributed by atoms with Crippen molar-refractivity contribution in [2.75, 3.05) is 19.6 Å². The molecule has 5 heteroatoms. The van der Waals surface area contributed by atoms with Crippen molar-refractivity contribution in [2.24, 2.45) is 11.0 Å². The van der Waals surface area contributed by atoms with Gasteiger partial charge in [0.15, 0.2) is 0 Å². The number of hydrogen-bond acceptors (Lipinski definition) is 2. The predicted molar refractivity (Wildman–Crippen MR) is 82.9 cm³/mol. The Bertz CT molecular complexity index is 532. The van der Waals surface area contributed by atoms with Crippen molar-refractivity contribution in [3.63, 3.8) is 0 Å². The molecule has 5 nitrogen and oxygen atoms in total. The van der Waals surface area contributed by atoms with E-state index >= 15 is 0 Å². The molecule has 0 N–H and O–H groups in total. The van der Waals surface area contributed by atoms with Gasteiger partial charge in [0, 0.05) is 31.0 Å². The normalized spacial score (nSPS) is 18.1. The minimum absolute atomic E-state index is 0.173. The van der Waals surface area contributed by atoms with Crippen LogP contribution in [0.25, 0.3) is 10.4 Å². The molecule has 1 fully saturated rings. The molecule has 0 bridgehead atoms. The Labute approximate surface area is 125 Å². The molecule has 1 saturated heterocycles. The van der Waals surface area contributed by atoms with Gasteiger partial charge in [-0.05, 0) is 34.9 Å². The third-order valence-corrected chi connectivity index (χ3v) is 4.01. The maximum absolute atomic E-state index is 11.9. The van der Waals surface area contributed by atoms with Crippen LogP contribution in [0, 0.1) is 5.92 Å². The van der Waals surface area contributed by atoms with E-state index in [2.05, 4.69) is 48.1 Å². The van der Waals surface area contributed by atoms with Crippen LogP contribution in [0.15, 0.2) is 29.4 Å². The second-order valence-corrected chi connectivity index (χ2v) is 5.97. The number of rotatable bonds is 6. The van der Waals surface area contributed by atoms with Crippen LogP contribution in [0.3, 0.4) is 0 Å². The first kappa shape index (κ1) is 15.4. The van der Waals surface area contributed by atoms with E-state index in [9.17, 15) is 4.79 Å². The van der Waals surface area contributed by atoms with E-state index in [0.717, 1.165) is 13.0 Å². The summed E-state index contributed by atoms with van der Waals surface area (Å²) in [5.74, 6) is 0.893. The number of benzene rings is 1. The van der Waals surface area contributed by atoms with Gasteiger partial charge in [0.05, 0.1) is 0 Å². The summed E-state index contributed by atoms with van der Waals surface area (Å²) in [6.07, 6.45) is 1.38. The Hall–Kier alpha value is -2.00. The van der Waals surface area contributed by atoms with E-state index in [-0.39, 0.29) is 11.8 Å². The molecular formula is C16H22N4O. The lowest BCUT2D eigenvalue weighted by molar-refractivity contribution is -0.127. The van der Waals surface area contributed by atoms with Crippen molar-refractivity contribution in [1.82, 2.24) is 4.90 Å². The summed E-state index contributed by atoms with van der Waals surface area (Å²) in [4.78, 5) is 16.5. The Morgan fingerprint density at radius 1 is 1.38 bits per heavy atom. The van der Waals surface area contributed by atoms with Crippen LogP contribution in [-0.4, -0.2) is 30.4 Å². The molecule has 1 aromatic rings. The van der Waals surface area contributed by atoms with E-state index in [1.807, 2.05) is 4.90 Å². The quantitative estimate of drug-likeness (QED) is 0.448. The largest absolute Gasteiger partial charge is 0.342 e. The van der Waals surface area contributed by atoms with E-state index in [1.165, 1.54) is 11.1 Å². The number of carbonyl (C=O) groups excluding carboxylic acids is 1. The summed E-state index contributed by atoms with van der Waals surface area (Å²) in [5.41, 5.74) is 10.9. The summed E-state index contributed by atoms with van der Waals surface area (Å²) in [5, 5.41) is 3.57. The number of amides is 1. The second-order valence-electron chi connectivity index (χ2n) is 5.97. The Morgan fingerprint density at radius 3 is 2.71 bits per heavy atom. The zero-order chi connectivity index (χ0) is 15.2. The first-order valence-electron chi connectivity index (χ1n) is 7.47. The fraction of sp³-hybridized carbons (Fsp3) is 0.562. The maximum Gasteiger partial charge on any atom is 0.222 e. The molecule has 0 spiro atoms. The standard InChI is InChI=1S/C16H22N4O/c1-12(2)15-5-3-13(4-6-15)7-8-20-11-14(9-16(20)21)10-18-19-17/h3-6,12,14H,7-11H2,1-2H3. The van der Waals surface area contributed by atoms with Gasteiger partial charge < -0.3 is 4.90 Å². The minimum atomic E-state index is 0.173. The lowest BCUT2D eigenvalue weighted by Crippen LogP contribution is -2.27. The van der Waals surface area contributed by atoms with Crippen LogP contribution in [-0.2, 0) is 11.2 Å². The highest BCUT2D eigenvalue weighted by molar-refractivity contribution is 5.78. The average Bonchev–Trinajstić information content (AvgIpc) is 2.83. The molecule has 1 amide bonds. The van der Waals surface area contributed by atoms with Gasteiger partial charge in [0.2, 0.25) is 5.91 Å². The number of carbonyl (C=O) groups is 1. The highest BCUT2D eigenvalue weighted by atomic mass is 16.2.